The first-order chi connectivity index (χ1) is 12.0. The smallest absolute Gasteiger partial charge is 0.193 e. The Bertz CT molecular complexity index is 777. The van der Waals surface area contributed by atoms with E-state index in [1.54, 1.807) is 25.3 Å². The maximum Gasteiger partial charge on any atom is 0.193 e. The summed E-state index contributed by atoms with van der Waals surface area (Å²) in [5, 5.41) is 10.3. The van der Waals surface area contributed by atoms with Gasteiger partial charge >= 0.3 is 0 Å². The molecule has 0 radical (unpaired) electrons. The zero-order valence-electron chi connectivity index (χ0n) is 14.5. The Kier molecular flexibility index (Phi) is 5.89. The largest absolute Gasteiger partial charge is 0.504 e. The number of ether oxygens (including phenoxy) is 4. The molecule has 132 valence electrons. The van der Waals surface area contributed by atoms with Crippen molar-refractivity contribution >= 4 is 11.9 Å². The van der Waals surface area contributed by atoms with E-state index in [-0.39, 0.29) is 22.8 Å². The summed E-state index contributed by atoms with van der Waals surface area (Å²) in [6.45, 7) is 0. The van der Waals surface area contributed by atoms with Gasteiger partial charge in [0.2, 0.25) is 0 Å². The molecule has 0 fully saturated rings. The molecule has 2 aromatic carbocycles. The van der Waals surface area contributed by atoms with Crippen LogP contribution in [0.1, 0.15) is 15.9 Å². The van der Waals surface area contributed by atoms with Crippen LogP contribution in [0.3, 0.4) is 0 Å². The van der Waals surface area contributed by atoms with Crippen LogP contribution in [0.2, 0.25) is 0 Å². The van der Waals surface area contributed by atoms with E-state index in [9.17, 15) is 9.90 Å². The summed E-state index contributed by atoms with van der Waals surface area (Å²) in [7, 11) is 5.81. The lowest BCUT2D eigenvalue weighted by molar-refractivity contribution is 0.104. The highest BCUT2D eigenvalue weighted by atomic mass is 16.5. The summed E-state index contributed by atoms with van der Waals surface area (Å²) in [4.78, 5) is 12.6. The standard InChI is InChI=1S/C19H20O6/c1-22-13-8-5-12(6-9-13)7-10-14(20)17-18(21)15(23-2)11-16(24-3)19(17)25-4/h5-11,21H,1-4H3. The Morgan fingerprint density at radius 3 is 2.08 bits per heavy atom. The molecule has 0 heterocycles. The predicted molar refractivity (Wildman–Crippen MR) is 94.1 cm³/mol. The second-order valence-electron chi connectivity index (χ2n) is 5.01. The Morgan fingerprint density at radius 1 is 0.920 bits per heavy atom. The van der Waals surface area contributed by atoms with Crippen molar-refractivity contribution in [3.05, 3.63) is 47.5 Å². The van der Waals surface area contributed by atoms with Crippen LogP contribution in [0.4, 0.5) is 0 Å². The van der Waals surface area contributed by atoms with Crippen molar-refractivity contribution in [1.82, 2.24) is 0 Å². The van der Waals surface area contributed by atoms with E-state index in [0.717, 1.165) is 11.3 Å². The van der Waals surface area contributed by atoms with Crippen molar-refractivity contribution in [3.8, 4) is 28.7 Å². The Hall–Kier alpha value is -3.15. The average molecular weight is 344 g/mol. The van der Waals surface area contributed by atoms with E-state index in [2.05, 4.69) is 0 Å². The number of phenolic OH excluding ortho intramolecular Hbond substituents is 1. The molecule has 0 aliphatic rings. The Morgan fingerprint density at radius 2 is 1.56 bits per heavy atom. The molecule has 0 aromatic heterocycles. The van der Waals surface area contributed by atoms with Crippen molar-refractivity contribution in [2.75, 3.05) is 28.4 Å². The van der Waals surface area contributed by atoms with Crippen LogP contribution in [-0.2, 0) is 0 Å². The first-order valence-corrected chi connectivity index (χ1v) is 7.44. The van der Waals surface area contributed by atoms with Gasteiger partial charge in [0.25, 0.3) is 0 Å². The molecule has 0 atom stereocenters. The molecule has 0 aliphatic carbocycles. The molecule has 0 aliphatic heterocycles. The first-order valence-electron chi connectivity index (χ1n) is 7.44. The molecular weight excluding hydrogens is 324 g/mol. The third kappa shape index (κ3) is 3.85. The summed E-state index contributed by atoms with van der Waals surface area (Å²) >= 11 is 0. The van der Waals surface area contributed by atoms with E-state index in [0.29, 0.717) is 5.75 Å². The number of allylic oxidation sites excluding steroid dienone is 1. The molecular formula is C19H20O6. The van der Waals surface area contributed by atoms with E-state index in [1.165, 1.54) is 33.5 Å². The molecule has 0 saturated carbocycles. The number of methoxy groups -OCH3 is 4. The van der Waals surface area contributed by atoms with Crippen LogP contribution in [-0.4, -0.2) is 39.3 Å². The Labute approximate surface area is 146 Å². The van der Waals surface area contributed by atoms with Crippen LogP contribution in [0.15, 0.2) is 36.4 Å². The molecule has 25 heavy (non-hydrogen) atoms. The van der Waals surface area contributed by atoms with Crippen molar-refractivity contribution in [2.45, 2.75) is 0 Å². The minimum atomic E-state index is -0.442. The van der Waals surface area contributed by atoms with Crippen LogP contribution in [0.5, 0.6) is 28.7 Å². The Balaban J connectivity index is 2.41. The number of hydrogen-bond donors (Lipinski definition) is 1. The monoisotopic (exact) mass is 344 g/mol. The highest BCUT2D eigenvalue weighted by Gasteiger charge is 2.24. The van der Waals surface area contributed by atoms with Crippen LogP contribution < -0.4 is 18.9 Å². The van der Waals surface area contributed by atoms with Gasteiger partial charge in [0.05, 0.1) is 28.4 Å². The summed E-state index contributed by atoms with van der Waals surface area (Å²) in [6, 6.07) is 8.66. The van der Waals surface area contributed by atoms with Gasteiger partial charge in [0, 0.05) is 6.07 Å². The third-order valence-electron chi connectivity index (χ3n) is 3.62. The zero-order valence-corrected chi connectivity index (χ0v) is 14.5. The minimum absolute atomic E-state index is 0.0246. The maximum atomic E-state index is 12.6. The summed E-state index contributed by atoms with van der Waals surface area (Å²) < 4.78 is 20.6. The number of phenols is 1. The number of ketones is 1. The summed E-state index contributed by atoms with van der Waals surface area (Å²) in [5.74, 6) is 0.537. The first kappa shape index (κ1) is 18.2. The third-order valence-corrected chi connectivity index (χ3v) is 3.62. The quantitative estimate of drug-likeness (QED) is 0.613. The lowest BCUT2D eigenvalue weighted by Crippen LogP contribution is -2.03. The highest BCUT2D eigenvalue weighted by molar-refractivity contribution is 6.11. The topological polar surface area (TPSA) is 74.2 Å². The highest BCUT2D eigenvalue weighted by Crippen LogP contribution is 2.44. The van der Waals surface area contributed by atoms with E-state index in [4.69, 9.17) is 18.9 Å². The number of carbonyl (C=O) groups is 1. The number of hydrogen-bond acceptors (Lipinski definition) is 6. The van der Waals surface area contributed by atoms with Crippen molar-refractivity contribution in [2.24, 2.45) is 0 Å². The average Bonchev–Trinajstić information content (AvgIpc) is 2.65. The van der Waals surface area contributed by atoms with Gasteiger partial charge in [-0.3, -0.25) is 4.79 Å². The van der Waals surface area contributed by atoms with E-state index >= 15 is 0 Å². The lowest BCUT2D eigenvalue weighted by atomic mass is 10.0. The molecule has 0 bridgehead atoms. The summed E-state index contributed by atoms with van der Waals surface area (Å²) in [5.41, 5.74) is 0.783. The fourth-order valence-corrected chi connectivity index (χ4v) is 2.32. The second-order valence-corrected chi connectivity index (χ2v) is 5.01. The molecule has 2 rings (SSSR count). The molecule has 0 spiro atoms. The fourth-order valence-electron chi connectivity index (χ4n) is 2.32. The molecule has 0 saturated heterocycles. The molecule has 0 unspecified atom stereocenters. The van der Waals surface area contributed by atoms with Gasteiger partial charge in [0.1, 0.15) is 11.3 Å². The van der Waals surface area contributed by atoms with Gasteiger partial charge in [-0.2, -0.15) is 0 Å². The zero-order chi connectivity index (χ0) is 18.4. The number of benzene rings is 2. The maximum absolute atomic E-state index is 12.6. The van der Waals surface area contributed by atoms with Crippen molar-refractivity contribution in [1.29, 1.82) is 0 Å². The molecule has 0 amide bonds. The van der Waals surface area contributed by atoms with Crippen molar-refractivity contribution in [3.63, 3.8) is 0 Å². The number of carbonyl (C=O) groups excluding carboxylic acids is 1. The van der Waals surface area contributed by atoms with E-state index in [1.807, 2.05) is 12.1 Å². The van der Waals surface area contributed by atoms with Gasteiger partial charge < -0.3 is 24.1 Å². The van der Waals surface area contributed by atoms with Gasteiger partial charge in [-0.05, 0) is 23.8 Å². The fraction of sp³-hybridized carbons (Fsp3) is 0.211. The SMILES string of the molecule is COc1ccc(C=CC(=O)c2c(O)c(OC)cc(OC)c2OC)cc1. The van der Waals surface area contributed by atoms with Gasteiger partial charge in [-0.15, -0.1) is 0 Å². The van der Waals surface area contributed by atoms with Crippen molar-refractivity contribution < 1.29 is 28.8 Å². The van der Waals surface area contributed by atoms with E-state index < -0.39 is 5.78 Å². The van der Waals surface area contributed by atoms with Gasteiger partial charge in [0.15, 0.2) is 28.8 Å². The second kappa shape index (κ2) is 8.10. The summed E-state index contributed by atoms with van der Waals surface area (Å²) in [6.07, 6.45) is 2.98. The number of rotatable bonds is 7. The number of aromatic hydroxyl groups is 1. The van der Waals surface area contributed by atoms with Crippen LogP contribution >= 0.6 is 0 Å². The normalized spacial score (nSPS) is 10.6. The molecule has 1 N–H and O–H groups in total. The van der Waals surface area contributed by atoms with Gasteiger partial charge in [-0.1, -0.05) is 18.2 Å². The minimum Gasteiger partial charge on any atom is -0.504 e. The molecule has 6 heteroatoms. The van der Waals surface area contributed by atoms with Crippen LogP contribution in [0, 0.1) is 0 Å². The van der Waals surface area contributed by atoms with Gasteiger partial charge in [-0.25, -0.2) is 0 Å². The molecule has 2 aromatic rings. The predicted octanol–water partition coefficient (Wildman–Crippen LogP) is 3.32. The molecule has 6 nitrogen and oxygen atoms in total. The lowest BCUT2D eigenvalue weighted by Gasteiger charge is -2.15. The van der Waals surface area contributed by atoms with Crippen LogP contribution in [0.25, 0.3) is 6.08 Å².